The summed E-state index contributed by atoms with van der Waals surface area (Å²) in [6, 6.07) is 14.6. The lowest BCUT2D eigenvalue weighted by Crippen LogP contribution is -2.02. The summed E-state index contributed by atoms with van der Waals surface area (Å²) in [5, 5.41) is 14.9. The molecular weight excluding hydrogens is 364 g/mol. The van der Waals surface area contributed by atoms with E-state index in [1.54, 1.807) is 12.1 Å². The minimum atomic E-state index is -3.49. The maximum absolute atomic E-state index is 12.3. The fraction of sp³-hybridized carbons (Fsp3) is 0.111. The minimum Gasteiger partial charge on any atom is -0.325 e. The molecule has 136 valence electrons. The topological polar surface area (TPSA) is 128 Å². The van der Waals surface area contributed by atoms with Crippen LogP contribution in [0.3, 0.4) is 0 Å². The highest BCUT2D eigenvalue weighted by Gasteiger charge is 2.22. The molecule has 0 bridgehead atoms. The van der Waals surface area contributed by atoms with E-state index in [4.69, 9.17) is 5.73 Å². The molecule has 8 nitrogen and oxygen atoms in total. The molecule has 0 spiro atoms. The number of aromatic amines is 1. The van der Waals surface area contributed by atoms with Gasteiger partial charge in [0.15, 0.2) is 9.84 Å². The van der Waals surface area contributed by atoms with Gasteiger partial charge in [-0.15, -0.1) is 10.2 Å². The summed E-state index contributed by atoms with van der Waals surface area (Å²) >= 11 is 0. The fourth-order valence-corrected chi connectivity index (χ4v) is 3.93. The summed E-state index contributed by atoms with van der Waals surface area (Å²) in [6.45, 7) is 0.371. The van der Waals surface area contributed by atoms with Gasteiger partial charge < -0.3 is 5.73 Å². The van der Waals surface area contributed by atoms with Crippen LogP contribution in [0.2, 0.25) is 0 Å². The molecule has 0 amide bonds. The number of rotatable bonds is 4. The van der Waals surface area contributed by atoms with Gasteiger partial charge in [-0.05, 0) is 40.6 Å². The highest BCUT2D eigenvalue weighted by atomic mass is 32.2. The van der Waals surface area contributed by atoms with Crippen molar-refractivity contribution in [2.75, 3.05) is 6.26 Å². The number of hydrogen-bond donors (Lipinski definition) is 2. The van der Waals surface area contributed by atoms with Crippen molar-refractivity contribution in [3.05, 3.63) is 54.2 Å². The van der Waals surface area contributed by atoms with Gasteiger partial charge >= 0.3 is 0 Å². The molecule has 27 heavy (non-hydrogen) atoms. The largest absolute Gasteiger partial charge is 0.325 e. The molecule has 2 aromatic carbocycles. The normalized spacial score (nSPS) is 11.8. The van der Waals surface area contributed by atoms with Crippen molar-refractivity contribution in [2.45, 2.75) is 11.4 Å². The first-order valence-electron chi connectivity index (χ1n) is 8.14. The molecule has 0 atom stereocenters. The molecule has 4 rings (SSSR count). The number of fused-ring (bicyclic) bond motifs is 1. The Morgan fingerprint density at radius 1 is 1.11 bits per heavy atom. The maximum atomic E-state index is 12.3. The van der Waals surface area contributed by atoms with Gasteiger partial charge in [-0.2, -0.15) is 5.21 Å². The van der Waals surface area contributed by atoms with Crippen LogP contribution in [-0.4, -0.2) is 40.3 Å². The van der Waals surface area contributed by atoms with Crippen LogP contribution in [0.15, 0.2) is 53.4 Å². The van der Waals surface area contributed by atoms with Crippen LogP contribution in [0.4, 0.5) is 0 Å². The van der Waals surface area contributed by atoms with E-state index in [0.29, 0.717) is 17.7 Å². The van der Waals surface area contributed by atoms with Crippen LogP contribution in [0.1, 0.15) is 5.69 Å². The predicted octanol–water partition coefficient (Wildman–Crippen LogP) is 1.94. The molecular formula is C18H16N6O2S. The average Bonchev–Trinajstić information content (AvgIpc) is 3.20. The van der Waals surface area contributed by atoms with Crippen molar-refractivity contribution in [1.82, 2.24) is 25.6 Å². The van der Waals surface area contributed by atoms with E-state index in [2.05, 4.69) is 25.6 Å². The molecule has 0 saturated heterocycles. The lowest BCUT2D eigenvalue weighted by atomic mass is 9.97. The third-order valence-corrected chi connectivity index (χ3v) is 5.40. The standard InChI is InChI=1S/C18H16N6O2S/c1-27(25,26)16-4-2-3-14(17(16)18-21-23-24-22-18)11-6-8-15-12(9-11)5-7-13(10-19)20-15/h2-9H,10,19H2,1H3,(H,21,22,23,24). The second-order valence-electron chi connectivity index (χ2n) is 6.10. The Labute approximate surface area is 155 Å². The number of H-pyrrole nitrogens is 1. The number of nitrogens with one attached hydrogen (secondary N) is 1. The Morgan fingerprint density at radius 3 is 2.67 bits per heavy atom. The van der Waals surface area contributed by atoms with Gasteiger partial charge in [-0.3, -0.25) is 4.98 Å². The van der Waals surface area contributed by atoms with Crippen LogP contribution in [-0.2, 0) is 16.4 Å². The first-order valence-corrected chi connectivity index (χ1v) is 10.0. The molecule has 2 heterocycles. The zero-order chi connectivity index (χ0) is 19.0. The first kappa shape index (κ1) is 17.3. The summed E-state index contributed by atoms with van der Waals surface area (Å²) < 4.78 is 24.6. The Kier molecular flexibility index (Phi) is 4.17. The number of nitrogens with zero attached hydrogens (tertiary/aromatic N) is 4. The molecule has 3 N–H and O–H groups in total. The number of benzene rings is 2. The highest BCUT2D eigenvalue weighted by Crippen LogP contribution is 2.36. The molecule has 0 saturated carbocycles. The highest BCUT2D eigenvalue weighted by molar-refractivity contribution is 7.90. The lowest BCUT2D eigenvalue weighted by molar-refractivity contribution is 0.602. The smallest absolute Gasteiger partial charge is 0.206 e. The summed E-state index contributed by atoms with van der Waals surface area (Å²) in [5.41, 5.74) is 9.22. The van der Waals surface area contributed by atoms with Gasteiger partial charge in [0.25, 0.3) is 0 Å². The first-order chi connectivity index (χ1) is 13.0. The minimum absolute atomic E-state index is 0.151. The molecule has 0 aliphatic rings. The van der Waals surface area contributed by atoms with Crippen molar-refractivity contribution in [3.63, 3.8) is 0 Å². The molecule has 0 aliphatic carbocycles. The van der Waals surface area contributed by atoms with Crippen LogP contribution >= 0.6 is 0 Å². The summed E-state index contributed by atoms with van der Waals surface area (Å²) in [5.74, 6) is 0.225. The monoisotopic (exact) mass is 380 g/mol. The predicted molar refractivity (Wildman–Crippen MR) is 101 cm³/mol. The van der Waals surface area contributed by atoms with Crippen LogP contribution < -0.4 is 5.73 Å². The molecule has 0 fully saturated rings. The Balaban J connectivity index is 1.98. The molecule has 9 heteroatoms. The number of pyridine rings is 1. The van der Waals surface area contributed by atoms with Gasteiger partial charge in [0.05, 0.1) is 16.1 Å². The Bertz CT molecular complexity index is 1240. The molecule has 0 unspecified atom stereocenters. The number of sulfone groups is 1. The van der Waals surface area contributed by atoms with Crippen molar-refractivity contribution in [1.29, 1.82) is 0 Å². The van der Waals surface area contributed by atoms with E-state index < -0.39 is 9.84 Å². The van der Waals surface area contributed by atoms with Crippen LogP contribution in [0.25, 0.3) is 33.4 Å². The van der Waals surface area contributed by atoms with Crippen molar-refractivity contribution in [3.8, 4) is 22.5 Å². The van der Waals surface area contributed by atoms with Gasteiger partial charge in [0.2, 0.25) is 5.82 Å². The fourth-order valence-electron chi connectivity index (χ4n) is 3.03. The molecule has 0 radical (unpaired) electrons. The zero-order valence-corrected chi connectivity index (χ0v) is 15.2. The second kappa shape index (κ2) is 6.53. The van der Waals surface area contributed by atoms with E-state index in [0.717, 1.165) is 28.4 Å². The third kappa shape index (κ3) is 3.18. The Morgan fingerprint density at radius 2 is 1.96 bits per heavy atom. The second-order valence-corrected chi connectivity index (χ2v) is 8.08. The van der Waals surface area contributed by atoms with Gasteiger partial charge in [-0.1, -0.05) is 24.3 Å². The van der Waals surface area contributed by atoms with Crippen LogP contribution in [0, 0.1) is 0 Å². The number of aromatic nitrogens is 5. The summed E-state index contributed by atoms with van der Waals surface area (Å²) in [6.07, 6.45) is 1.16. The SMILES string of the molecule is CS(=O)(=O)c1cccc(-c2ccc3nc(CN)ccc3c2)c1-c1nn[nH]n1. The number of nitrogens with two attached hydrogens (primary N) is 1. The van der Waals surface area contributed by atoms with E-state index in [9.17, 15) is 8.42 Å². The molecule has 4 aromatic rings. The lowest BCUT2D eigenvalue weighted by Gasteiger charge is -2.12. The number of hydrogen-bond acceptors (Lipinski definition) is 7. The average molecular weight is 380 g/mol. The van der Waals surface area contributed by atoms with Crippen molar-refractivity contribution in [2.24, 2.45) is 5.73 Å². The maximum Gasteiger partial charge on any atom is 0.206 e. The van der Waals surface area contributed by atoms with E-state index in [-0.39, 0.29) is 10.7 Å². The zero-order valence-electron chi connectivity index (χ0n) is 14.4. The van der Waals surface area contributed by atoms with Gasteiger partial charge in [0, 0.05) is 23.8 Å². The van der Waals surface area contributed by atoms with E-state index in [1.165, 1.54) is 0 Å². The van der Waals surface area contributed by atoms with E-state index >= 15 is 0 Å². The van der Waals surface area contributed by atoms with Crippen molar-refractivity contribution >= 4 is 20.7 Å². The Hall–Kier alpha value is -3.17. The van der Waals surface area contributed by atoms with E-state index in [1.807, 2.05) is 36.4 Å². The third-order valence-electron chi connectivity index (χ3n) is 4.26. The number of tetrazole rings is 1. The molecule has 2 aromatic heterocycles. The van der Waals surface area contributed by atoms with Gasteiger partial charge in [0.1, 0.15) is 0 Å². The summed E-state index contributed by atoms with van der Waals surface area (Å²) in [7, 11) is -3.49. The molecule has 0 aliphatic heterocycles. The van der Waals surface area contributed by atoms with Crippen molar-refractivity contribution < 1.29 is 8.42 Å². The van der Waals surface area contributed by atoms with Gasteiger partial charge in [-0.25, -0.2) is 8.42 Å². The van der Waals surface area contributed by atoms with Crippen LogP contribution in [0.5, 0.6) is 0 Å². The summed E-state index contributed by atoms with van der Waals surface area (Å²) in [4.78, 5) is 4.65. The quantitative estimate of drug-likeness (QED) is 0.554.